The van der Waals surface area contributed by atoms with Gasteiger partial charge < -0.3 is 42.7 Å². The number of rotatable bonds is 16. The van der Waals surface area contributed by atoms with Gasteiger partial charge in [0.2, 0.25) is 17.7 Å². The lowest BCUT2D eigenvalue weighted by molar-refractivity contribution is -0.143. The van der Waals surface area contributed by atoms with Gasteiger partial charge in [-0.3, -0.25) is 19.2 Å². The maximum atomic E-state index is 13.2. The van der Waals surface area contributed by atoms with Gasteiger partial charge >= 0.3 is 11.9 Å². The molecule has 0 spiro atoms. The van der Waals surface area contributed by atoms with Gasteiger partial charge in [0.15, 0.2) is 0 Å². The monoisotopic (exact) mass is 523 g/mol. The molecule has 0 saturated heterocycles. The highest BCUT2D eigenvalue weighted by Crippen LogP contribution is 2.12. The number of unbranched alkanes of at least 4 members (excludes halogenated alkanes) is 1. The Kier molecular flexibility index (Phi) is 13.0. The molecule has 1 rings (SSSR count). The summed E-state index contributed by atoms with van der Waals surface area (Å²) in [7, 11) is 0. The Balaban J connectivity index is 3.15. The molecule has 37 heavy (non-hydrogen) atoms. The van der Waals surface area contributed by atoms with Crippen LogP contribution in [0.2, 0.25) is 0 Å². The Hall–Kier alpha value is -3.71. The lowest BCUT2D eigenvalue weighted by Crippen LogP contribution is -2.58. The summed E-state index contributed by atoms with van der Waals surface area (Å²) in [5.41, 5.74) is 11.7. The van der Waals surface area contributed by atoms with Crippen molar-refractivity contribution in [3.8, 4) is 5.75 Å². The lowest BCUT2D eigenvalue weighted by Gasteiger charge is -2.26. The fraction of sp³-hybridized carbons (Fsp3) is 0.542. The van der Waals surface area contributed by atoms with E-state index in [1.54, 1.807) is 13.8 Å². The quantitative estimate of drug-likeness (QED) is 0.124. The summed E-state index contributed by atoms with van der Waals surface area (Å²) in [5, 5.41) is 35.3. The van der Waals surface area contributed by atoms with Crippen molar-refractivity contribution in [1.29, 1.82) is 0 Å². The molecule has 0 radical (unpaired) electrons. The van der Waals surface area contributed by atoms with Crippen LogP contribution in [0.4, 0.5) is 0 Å². The number of amides is 3. The van der Waals surface area contributed by atoms with Crippen molar-refractivity contribution in [2.24, 2.45) is 17.4 Å². The SMILES string of the molecule is CC(C)C(NC(=O)C(CCCCN)NC(=O)C(Cc1ccc(O)cc1)NC(=O)C(N)CC(=O)O)C(=O)O. The van der Waals surface area contributed by atoms with E-state index in [4.69, 9.17) is 16.6 Å². The molecule has 4 atom stereocenters. The number of carboxylic acids is 2. The molecule has 4 unspecified atom stereocenters. The van der Waals surface area contributed by atoms with E-state index in [9.17, 15) is 34.2 Å². The number of aliphatic carboxylic acids is 2. The van der Waals surface area contributed by atoms with Crippen LogP contribution in [0.15, 0.2) is 24.3 Å². The Labute approximate surface area is 215 Å². The third-order valence-corrected chi connectivity index (χ3v) is 5.55. The van der Waals surface area contributed by atoms with Crippen molar-refractivity contribution in [3.63, 3.8) is 0 Å². The van der Waals surface area contributed by atoms with Crippen LogP contribution in [0, 0.1) is 5.92 Å². The van der Waals surface area contributed by atoms with Gasteiger partial charge in [0, 0.05) is 6.42 Å². The first-order valence-electron chi connectivity index (χ1n) is 11.9. The van der Waals surface area contributed by atoms with Crippen LogP contribution in [-0.4, -0.2) is 75.7 Å². The number of carbonyl (C=O) groups is 5. The van der Waals surface area contributed by atoms with Gasteiger partial charge in [-0.15, -0.1) is 0 Å². The molecule has 0 bridgehead atoms. The van der Waals surface area contributed by atoms with Crippen LogP contribution in [0.25, 0.3) is 0 Å². The predicted octanol–water partition coefficient (Wildman–Crippen LogP) is -0.939. The third-order valence-electron chi connectivity index (χ3n) is 5.55. The van der Waals surface area contributed by atoms with Gasteiger partial charge in [-0.2, -0.15) is 0 Å². The van der Waals surface area contributed by atoms with Crippen molar-refractivity contribution in [3.05, 3.63) is 29.8 Å². The molecular formula is C24H37N5O8. The largest absolute Gasteiger partial charge is 0.508 e. The van der Waals surface area contributed by atoms with Crippen molar-refractivity contribution in [1.82, 2.24) is 16.0 Å². The minimum absolute atomic E-state index is 0.00737. The number of phenols is 1. The maximum Gasteiger partial charge on any atom is 0.326 e. The average molecular weight is 524 g/mol. The normalized spacial score (nSPS) is 14.2. The zero-order chi connectivity index (χ0) is 28.1. The van der Waals surface area contributed by atoms with E-state index >= 15 is 0 Å². The van der Waals surface area contributed by atoms with E-state index in [1.807, 2.05) is 0 Å². The van der Waals surface area contributed by atoms with E-state index < -0.39 is 66.2 Å². The van der Waals surface area contributed by atoms with Gasteiger partial charge in [0.05, 0.1) is 12.5 Å². The van der Waals surface area contributed by atoms with Gasteiger partial charge in [-0.1, -0.05) is 26.0 Å². The Morgan fingerprint density at radius 3 is 1.95 bits per heavy atom. The van der Waals surface area contributed by atoms with Crippen molar-refractivity contribution in [2.45, 2.75) is 70.1 Å². The third kappa shape index (κ3) is 11.3. The van der Waals surface area contributed by atoms with Crippen LogP contribution in [0.1, 0.15) is 45.1 Å². The van der Waals surface area contributed by atoms with Crippen LogP contribution in [0.3, 0.4) is 0 Å². The second kappa shape index (κ2) is 15.4. The number of hydrogen-bond acceptors (Lipinski definition) is 8. The molecule has 3 amide bonds. The number of nitrogens with two attached hydrogens (primary N) is 2. The molecule has 0 aromatic heterocycles. The predicted molar refractivity (Wildman–Crippen MR) is 133 cm³/mol. The first-order valence-corrected chi connectivity index (χ1v) is 11.9. The molecule has 0 aliphatic heterocycles. The summed E-state index contributed by atoms with van der Waals surface area (Å²) in [4.78, 5) is 61.1. The van der Waals surface area contributed by atoms with Gasteiger partial charge in [-0.25, -0.2) is 4.79 Å². The van der Waals surface area contributed by atoms with Crippen LogP contribution in [0.5, 0.6) is 5.75 Å². The minimum atomic E-state index is -1.42. The second-order valence-corrected chi connectivity index (χ2v) is 9.05. The average Bonchev–Trinajstić information content (AvgIpc) is 2.81. The molecule has 0 saturated carbocycles. The fourth-order valence-electron chi connectivity index (χ4n) is 3.44. The summed E-state index contributed by atoms with van der Waals surface area (Å²) in [6.07, 6.45) is 0.474. The number of aromatic hydroxyl groups is 1. The molecule has 1 aromatic rings. The number of benzene rings is 1. The summed E-state index contributed by atoms with van der Waals surface area (Å²) >= 11 is 0. The highest BCUT2D eigenvalue weighted by atomic mass is 16.4. The molecule has 0 heterocycles. The fourth-order valence-corrected chi connectivity index (χ4v) is 3.44. The highest BCUT2D eigenvalue weighted by molar-refractivity contribution is 5.94. The molecular weight excluding hydrogens is 486 g/mol. The molecule has 206 valence electrons. The maximum absolute atomic E-state index is 13.2. The Bertz CT molecular complexity index is 938. The zero-order valence-corrected chi connectivity index (χ0v) is 21.0. The van der Waals surface area contributed by atoms with E-state index in [1.165, 1.54) is 24.3 Å². The molecule has 10 N–H and O–H groups in total. The number of carboxylic acid groups (broad SMARTS) is 2. The summed E-state index contributed by atoms with van der Waals surface area (Å²) in [5.74, 6) is -5.28. The molecule has 13 nitrogen and oxygen atoms in total. The van der Waals surface area contributed by atoms with E-state index in [0.29, 0.717) is 24.9 Å². The molecule has 0 aliphatic rings. The first-order chi connectivity index (χ1) is 17.3. The molecule has 0 aliphatic carbocycles. The summed E-state index contributed by atoms with van der Waals surface area (Å²) in [6.45, 7) is 3.61. The second-order valence-electron chi connectivity index (χ2n) is 9.05. The number of carbonyl (C=O) groups excluding carboxylic acids is 3. The van der Waals surface area contributed by atoms with Crippen LogP contribution < -0.4 is 27.4 Å². The highest BCUT2D eigenvalue weighted by Gasteiger charge is 2.31. The Morgan fingerprint density at radius 2 is 1.43 bits per heavy atom. The molecule has 0 fully saturated rings. The van der Waals surface area contributed by atoms with E-state index in [2.05, 4.69) is 16.0 Å². The van der Waals surface area contributed by atoms with Crippen molar-refractivity contribution < 1.29 is 39.3 Å². The summed E-state index contributed by atoms with van der Waals surface area (Å²) in [6, 6.07) is 0.886. The van der Waals surface area contributed by atoms with Gasteiger partial charge in [-0.05, 0) is 49.4 Å². The lowest BCUT2D eigenvalue weighted by atomic mass is 10.0. The van der Waals surface area contributed by atoms with E-state index in [-0.39, 0.29) is 18.6 Å². The van der Waals surface area contributed by atoms with Crippen LogP contribution >= 0.6 is 0 Å². The smallest absolute Gasteiger partial charge is 0.326 e. The number of nitrogens with one attached hydrogen (secondary N) is 3. The summed E-state index contributed by atoms with van der Waals surface area (Å²) < 4.78 is 0. The van der Waals surface area contributed by atoms with Gasteiger partial charge in [0.25, 0.3) is 0 Å². The minimum Gasteiger partial charge on any atom is -0.508 e. The van der Waals surface area contributed by atoms with Gasteiger partial charge in [0.1, 0.15) is 23.9 Å². The molecule has 1 aromatic carbocycles. The van der Waals surface area contributed by atoms with Crippen LogP contribution in [-0.2, 0) is 30.4 Å². The van der Waals surface area contributed by atoms with Crippen molar-refractivity contribution in [2.75, 3.05) is 6.54 Å². The standard InChI is InChI=1S/C24H37N5O8/c1-13(2)20(24(36)37)29-22(34)17(5-3-4-10-25)27-23(35)18(11-14-6-8-15(30)9-7-14)28-21(33)16(26)12-19(31)32/h6-9,13,16-18,20,30H,3-5,10-12,25-26H2,1-2H3,(H,27,35)(H,28,33)(H,29,34)(H,31,32)(H,36,37). The van der Waals surface area contributed by atoms with Crippen molar-refractivity contribution >= 4 is 29.7 Å². The Morgan fingerprint density at radius 1 is 0.865 bits per heavy atom. The number of phenolic OH excluding ortho intramolecular Hbond substituents is 1. The number of hydrogen-bond donors (Lipinski definition) is 8. The first kappa shape index (κ1) is 31.3. The molecule has 13 heteroatoms. The van der Waals surface area contributed by atoms with E-state index in [0.717, 1.165) is 0 Å². The topological polar surface area (TPSA) is 234 Å². The zero-order valence-electron chi connectivity index (χ0n) is 21.0.